The summed E-state index contributed by atoms with van der Waals surface area (Å²) in [6.45, 7) is 0. The summed E-state index contributed by atoms with van der Waals surface area (Å²) in [5.74, 6) is 0.776. The Morgan fingerprint density at radius 1 is 0.897 bits per heavy atom. The number of para-hydroxylation sites is 1. The van der Waals surface area contributed by atoms with Crippen molar-refractivity contribution in [3.8, 4) is 5.75 Å². The summed E-state index contributed by atoms with van der Waals surface area (Å²) in [5.41, 5.74) is 2.40. The zero-order valence-electron chi connectivity index (χ0n) is 15.6. The smallest absolute Gasteiger partial charge is 0.335 e. The summed E-state index contributed by atoms with van der Waals surface area (Å²) < 4.78 is 5.20. The fourth-order valence-electron chi connectivity index (χ4n) is 2.90. The summed E-state index contributed by atoms with van der Waals surface area (Å²) >= 11 is 0. The molecule has 7 nitrogen and oxygen atoms in total. The van der Waals surface area contributed by atoms with Gasteiger partial charge in [0.2, 0.25) is 5.95 Å². The van der Waals surface area contributed by atoms with E-state index in [1.165, 1.54) is 12.1 Å². The van der Waals surface area contributed by atoms with Gasteiger partial charge in [-0.15, -0.1) is 0 Å². The average Bonchev–Trinajstić information content (AvgIpc) is 2.74. The lowest BCUT2D eigenvalue weighted by Gasteiger charge is -2.12. The van der Waals surface area contributed by atoms with Gasteiger partial charge in [-0.2, -0.15) is 4.98 Å². The molecule has 144 valence electrons. The fourth-order valence-corrected chi connectivity index (χ4v) is 2.90. The number of benzene rings is 3. The van der Waals surface area contributed by atoms with E-state index in [9.17, 15) is 9.90 Å². The van der Waals surface area contributed by atoms with Crippen molar-refractivity contribution in [2.75, 3.05) is 17.7 Å². The van der Waals surface area contributed by atoms with Crippen molar-refractivity contribution in [1.29, 1.82) is 0 Å². The van der Waals surface area contributed by atoms with E-state index in [2.05, 4.69) is 20.6 Å². The number of carboxylic acid groups (broad SMARTS) is 1. The molecule has 0 saturated carbocycles. The number of nitrogens with zero attached hydrogens (tertiary/aromatic N) is 2. The minimum atomic E-state index is -0.991. The second-order valence-corrected chi connectivity index (χ2v) is 6.28. The molecule has 0 aliphatic rings. The zero-order valence-corrected chi connectivity index (χ0v) is 15.6. The maximum atomic E-state index is 11.2. The Bertz CT molecular complexity index is 1180. The fraction of sp³-hybridized carbons (Fsp3) is 0.0455. The minimum Gasteiger partial charge on any atom is -0.497 e. The molecule has 0 amide bonds. The molecule has 1 heterocycles. The lowest BCUT2D eigenvalue weighted by Crippen LogP contribution is -2.03. The van der Waals surface area contributed by atoms with Gasteiger partial charge >= 0.3 is 5.97 Å². The highest BCUT2D eigenvalue weighted by Gasteiger charge is 2.10. The third-order valence-corrected chi connectivity index (χ3v) is 4.32. The van der Waals surface area contributed by atoms with Gasteiger partial charge in [0.05, 0.1) is 18.2 Å². The van der Waals surface area contributed by atoms with Crippen molar-refractivity contribution in [3.05, 3.63) is 78.4 Å². The van der Waals surface area contributed by atoms with Crippen LogP contribution in [0.25, 0.3) is 10.9 Å². The van der Waals surface area contributed by atoms with Crippen LogP contribution < -0.4 is 15.4 Å². The highest BCUT2D eigenvalue weighted by atomic mass is 16.5. The molecule has 0 aliphatic heterocycles. The largest absolute Gasteiger partial charge is 0.497 e. The highest BCUT2D eigenvalue weighted by Crippen LogP contribution is 2.27. The van der Waals surface area contributed by atoms with Gasteiger partial charge in [-0.3, -0.25) is 0 Å². The van der Waals surface area contributed by atoms with Gasteiger partial charge in [-0.05, 0) is 54.6 Å². The molecule has 0 spiro atoms. The number of fused-ring (bicyclic) bond motifs is 1. The molecule has 29 heavy (non-hydrogen) atoms. The van der Waals surface area contributed by atoms with E-state index in [1.54, 1.807) is 19.2 Å². The van der Waals surface area contributed by atoms with Crippen LogP contribution in [-0.2, 0) is 0 Å². The number of ether oxygens (including phenoxy) is 1. The molecule has 0 fully saturated rings. The van der Waals surface area contributed by atoms with Gasteiger partial charge in [0.25, 0.3) is 0 Å². The molecule has 3 aromatic carbocycles. The SMILES string of the molecule is COc1ccc(Nc2nc(Nc3cccc(C(=O)O)c3)nc3ccccc23)cc1. The molecule has 0 saturated heterocycles. The molecular formula is C22H18N4O3. The molecular weight excluding hydrogens is 368 g/mol. The second kappa shape index (κ2) is 7.85. The van der Waals surface area contributed by atoms with Crippen LogP contribution in [0.15, 0.2) is 72.8 Å². The Balaban J connectivity index is 1.70. The number of methoxy groups -OCH3 is 1. The summed E-state index contributed by atoms with van der Waals surface area (Å²) in [6, 6.07) is 21.7. The summed E-state index contributed by atoms with van der Waals surface area (Å²) in [4.78, 5) is 20.3. The molecule has 1 aromatic heterocycles. The third-order valence-electron chi connectivity index (χ3n) is 4.32. The van der Waals surface area contributed by atoms with Crippen LogP contribution >= 0.6 is 0 Å². The summed E-state index contributed by atoms with van der Waals surface area (Å²) in [6.07, 6.45) is 0. The van der Waals surface area contributed by atoms with Crippen LogP contribution in [-0.4, -0.2) is 28.2 Å². The first-order chi connectivity index (χ1) is 14.1. The predicted molar refractivity (Wildman–Crippen MR) is 112 cm³/mol. The monoisotopic (exact) mass is 386 g/mol. The van der Waals surface area contributed by atoms with Gasteiger partial charge in [0.15, 0.2) is 0 Å². The number of rotatable bonds is 6. The number of hydrogen-bond acceptors (Lipinski definition) is 6. The second-order valence-electron chi connectivity index (χ2n) is 6.28. The van der Waals surface area contributed by atoms with Gasteiger partial charge in [0.1, 0.15) is 11.6 Å². The Morgan fingerprint density at radius 2 is 1.69 bits per heavy atom. The number of aromatic carboxylic acids is 1. The first kappa shape index (κ1) is 18.2. The Hall–Kier alpha value is -4.13. The molecule has 7 heteroatoms. The van der Waals surface area contributed by atoms with E-state index in [-0.39, 0.29) is 5.56 Å². The number of anilines is 4. The predicted octanol–water partition coefficient (Wildman–Crippen LogP) is 4.82. The van der Waals surface area contributed by atoms with Crippen molar-refractivity contribution < 1.29 is 14.6 Å². The number of nitrogens with one attached hydrogen (secondary N) is 2. The molecule has 0 unspecified atom stereocenters. The Morgan fingerprint density at radius 3 is 2.45 bits per heavy atom. The number of carboxylic acids is 1. The van der Waals surface area contributed by atoms with Crippen LogP contribution in [0, 0.1) is 0 Å². The van der Waals surface area contributed by atoms with Crippen molar-refractivity contribution >= 4 is 40.0 Å². The molecule has 3 N–H and O–H groups in total. The number of hydrogen-bond donors (Lipinski definition) is 3. The highest BCUT2D eigenvalue weighted by molar-refractivity contribution is 5.92. The first-order valence-corrected chi connectivity index (χ1v) is 8.90. The van der Waals surface area contributed by atoms with E-state index in [0.29, 0.717) is 17.5 Å². The third kappa shape index (κ3) is 4.08. The first-order valence-electron chi connectivity index (χ1n) is 8.90. The molecule has 0 radical (unpaired) electrons. The minimum absolute atomic E-state index is 0.187. The molecule has 0 bridgehead atoms. The van der Waals surface area contributed by atoms with Crippen LogP contribution in [0.3, 0.4) is 0 Å². The van der Waals surface area contributed by atoms with Crippen LogP contribution in [0.5, 0.6) is 5.75 Å². The van der Waals surface area contributed by atoms with Crippen molar-refractivity contribution in [2.45, 2.75) is 0 Å². The lowest BCUT2D eigenvalue weighted by molar-refractivity contribution is 0.0697. The van der Waals surface area contributed by atoms with E-state index in [0.717, 1.165) is 22.3 Å². The average molecular weight is 386 g/mol. The van der Waals surface area contributed by atoms with Gasteiger partial charge in [-0.1, -0.05) is 18.2 Å². The van der Waals surface area contributed by atoms with Gasteiger partial charge < -0.3 is 20.5 Å². The maximum absolute atomic E-state index is 11.2. The molecule has 4 aromatic rings. The van der Waals surface area contributed by atoms with E-state index in [1.807, 2.05) is 48.5 Å². The molecule has 0 aliphatic carbocycles. The number of aromatic nitrogens is 2. The molecule has 4 rings (SSSR count). The number of carbonyl (C=O) groups is 1. The van der Waals surface area contributed by atoms with E-state index < -0.39 is 5.97 Å². The van der Waals surface area contributed by atoms with Gasteiger partial charge in [0, 0.05) is 16.8 Å². The van der Waals surface area contributed by atoms with Crippen LogP contribution in [0.2, 0.25) is 0 Å². The van der Waals surface area contributed by atoms with Crippen LogP contribution in [0.4, 0.5) is 23.1 Å². The summed E-state index contributed by atoms with van der Waals surface area (Å²) in [5, 5.41) is 16.5. The Labute approximate surface area is 167 Å². The zero-order chi connectivity index (χ0) is 20.2. The van der Waals surface area contributed by atoms with Crippen molar-refractivity contribution in [1.82, 2.24) is 9.97 Å². The standard InChI is InChI=1S/C22H18N4O3/c1-29-17-11-9-15(10-12-17)23-20-18-7-2-3-8-19(18)25-22(26-20)24-16-6-4-5-14(13-16)21(27)28/h2-13H,1H3,(H,27,28)(H2,23,24,25,26). The Kier molecular flexibility index (Phi) is 4.94. The normalized spacial score (nSPS) is 10.5. The van der Waals surface area contributed by atoms with Crippen molar-refractivity contribution in [3.63, 3.8) is 0 Å². The van der Waals surface area contributed by atoms with Crippen molar-refractivity contribution in [2.24, 2.45) is 0 Å². The topological polar surface area (TPSA) is 96.4 Å². The quantitative estimate of drug-likeness (QED) is 0.437. The summed E-state index contributed by atoms with van der Waals surface area (Å²) in [7, 11) is 1.62. The van der Waals surface area contributed by atoms with E-state index in [4.69, 9.17) is 4.74 Å². The maximum Gasteiger partial charge on any atom is 0.335 e. The van der Waals surface area contributed by atoms with Gasteiger partial charge in [-0.25, -0.2) is 9.78 Å². The lowest BCUT2D eigenvalue weighted by atomic mass is 10.2. The molecule has 0 atom stereocenters. The van der Waals surface area contributed by atoms with E-state index >= 15 is 0 Å². The van der Waals surface area contributed by atoms with Crippen LogP contribution in [0.1, 0.15) is 10.4 Å².